The monoisotopic (exact) mass is 383 g/mol. The number of carbonyl (C=O) groups excluding carboxylic acids is 1. The first-order valence-electron chi connectivity index (χ1n) is 8.38. The van der Waals surface area contributed by atoms with Crippen LogP contribution in [-0.4, -0.2) is 39.9 Å². The summed E-state index contributed by atoms with van der Waals surface area (Å²) in [7, 11) is 4.94. The number of methoxy groups -OCH3 is 2. The fraction of sp³-hybridized carbons (Fsp3) is 0.222. The van der Waals surface area contributed by atoms with Crippen LogP contribution < -0.4 is 25.8 Å². The predicted molar refractivity (Wildman–Crippen MR) is 104 cm³/mol. The first-order chi connectivity index (χ1) is 13.5. The van der Waals surface area contributed by atoms with E-state index in [1.54, 1.807) is 44.4 Å². The summed E-state index contributed by atoms with van der Waals surface area (Å²) in [5.41, 5.74) is 7.18. The van der Waals surface area contributed by atoms with Crippen molar-refractivity contribution in [3.05, 3.63) is 47.9 Å². The first kappa shape index (κ1) is 19.0. The molecular weight excluding hydrogens is 362 g/mol. The number of nitrogens with two attached hydrogens (primary N) is 1. The zero-order valence-electron chi connectivity index (χ0n) is 15.8. The van der Waals surface area contributed by atoms with Crippen LogP contribution >= 0.6 is 0 Å². The third-order valence-corrected chi connectivity index (χ3v) is 3.95. The smallest absolute Gasteiger partial charge is 0.254 e. The molecule has 0 radical (unpaired) electrons. The fourth-order valence-corrected chi connectivity index (χ4v) is 2.64. The van der Waals surface area contributed by atoms with Gasteiger partial charge >= 0.3 is 0 Å². The van der Waals surface area contributed by atoms with E-state index in [9.17, 15) is 4.79 Å². The topological polar surface area (TPSA) is 129 Å². The molecular formula is C18H21N7O3. The van der Waals surface area contributed by atoms with E-state index < -0.39 is 5.91 Å². The van der Waals surface area contributed by atoms with Gasteiger partial charge in [0.05, 0.1) is 31.7 Å². The van der Waals surface area contributed by atoms with Crippen molar-refractivity contribution in [2.75, 3.05) is 24.9 Å². The maximum absolute atomic E-state index is 11.8. The molecule has 0 saturated carbocycles. The van der Waals surface area contributed by atoms with Crippen molar-refractivity contribution < 1.29 is 14.3 Å². The Labute approximate surface area is 161 Å². The van der Waals surface area contributed by atoms with Gasteiger partial charge in [0.2, 0.25) is 5.95 Å². The summed E-state index contributed by atoms with van der Waals surface area (Å²) in [5, 5.41) is 10.2. The normalized spacial score (nSPS) is 10.4. The van der Waals surface area contributed by atoms with Crippen molar-refractivity contribution in [1.82, 2.24) is 19.7 Å². The Balaban J connectivity index is 1.85. The number of hydrogen-bond donors (Lipinski definition) is 3. The molecule has 4 N–H and O–H groups in total. The van der Waals surface area contributed by atoms with Gasteiger partial charge in [0.1, 0.15) is 5.82 Å². The van der Waals surface area contributed by atoms with Gasteiger partial charge in [-0.25, -0.2) is 4.98 Å². The lowest BCUT2D eigenvalue weighted by Gasteiger charge is -2.15. The summed E-state index contributed by atoms with van der Waals surface area (Å²) in [6.45, 7) is 0.337. The van der Waals surface area contributed by atoms with Crippen LogP contribution in [0.25, 0.3) is 0 Å². The minimum Gasteiger partial charge on any atom is -0.493 e. The van der Waals surface area contributed by atoms with Crippen molar-refractivity contribution >= 4 is 23.4 Å². The average molecular weight is 383 g/mol. The maximum Gasteiger partial charge on any atom is 0.254 e. The van der Waals surface area contributed by atoms with Gasteiger partial charge in [0.25, 0.3) is 5.91 Å². The summed E-state index contributed by atoms with van der Waals surface area (Å²) in [5.74, 6) is 1.18. The lowest BCUT2D eigenvalue weighted by atomic mass is 10.1. The molecule has 0 atom stereocenters. The molecule has 0 aliphatic carbocycles. The molecule has 0 aliphatic rings. The molecule has 2 aromatic heterocycles. The Bertz CT molecular complexity index is 987. The number of hydrogen-bond acceptors (Lipinski definition) is 8. The number of amides is 1. The van der Waals surface area contributed by atoms with E-state index in [1.165, 1.54) is 6.20 Å². The van der Waals surface area contributed by atoms with Crippen LogP contribution in [0.15, 0.2) is 36.8 Å². The number of carbonyl (C=O) groups is 1. The summed E-state index contributed by atoms with van der Waals surface area (Å²) in [6, 6.07) is 5.54. The van der Waals surface area contributed by atoms with E-state index in [0.29, 0.717) is 29.8 Å². The Morgan fingerprint density at radius 1 is 1.25 bits per heavy atom. The Morgan fingerprint density at radius 3 is 2.71 bits per heavy atom. The summed E-state index contributed by atoms with van der Waals surface area (Å²) in [6.07, 6.45) is 4.79. The van der Waals surface area contributed by atoms with Gasteiger partial charge in [-0.1, -0.05) is 12.1 Å². The van der Waals surface area contributed by atoms with Gasteiger partial charge in [0.15, 0.2) is 11.5 Å². The molecule has 2 heterocycles. The maximum atomic E-state index is 11.8. The summed E-state index contributed by atoms with van der Waals surface area (Å²) >= 11 is 0. The number of nitrogens with one attached hydrogen (secondary N) is 2. The lowest BCUT2D eigenvalue weighted by Crippen LogP contribution is -2.17. The molecule has 28 heavy (non-hydrogen) atoms. The number of para-hydroxylation sites is 1. The number of benzene rings is 1. The molecule has 1 aromatic carbocycles. The van der Waals surface area contributed by atoms with Crippen LogP contribution in [0, 0.1) is 0 Å². The first-order valence-corrected chi connectivity index (χ1v) is 8.38. The highest BCUT2D eigenvalue weighted by Gasteiger charge is 2.15. The van der Waals surface area contributed by atoms with Crippen LogP contribution in [0.1, 0.15) is 15.9 Å². The van der Waals surface area contributed by atoms with Crippen molar-refractivity contribution in [3.8, 4) is 11.5 Å². The van der Waals surface area contributed by atoms with Crippen LogP contribution in [0.4, 0.5) is 17.5 Å². The van der Waals surface area contributed by atoms with E-state index >= 15 is 0 Å². The minimum atomic E-state index is -0.631. The molecule has 146 valence electrons. The van der Waals surface area contributed by atoms with Gasteiger partial charge in [0, 0.05) is 31.5 Å². The highest BCUT2D eigenvalue weighted by Crippen LogP contribution is 2.31. The molecule has 0 aliphatic heterocycles. The highest BCUT2D eigenvalue weighted by atomic mass is 16.5. The lowest BCUT2D eigenvalue weighted by molar-refractivity contribution is 0.100. The van der Waals surface area contributed by atoms with Crippen molar-refractivity contribution in [1.29, 1.82) is 0 Å². The van der Waals surface area contributed by atoms with E-state index in [1.807, 2.05) is 12.1 Å². The third-order valence-electron chi connectivity index (χ3n) is 3.95. The number of rotatable bonds is 8. The molecule has 3 rings (SSSR count). The second kappa shape index (κ2) is 8.25. The SMILES string of the molecule is COc1cccc(CNc2nc(Nc3cnn(C)c3)ncc2C(N)=O)c1OC. The van der Waals surface area contributed by atoms with Crippen LogP contribution in [-0.2, 0) is 13.6 Å². The Morgan fingerprint density at radius 2 is 2.07 bits per heavy atom. The number of ether oxygens (including phenoxy) is 2. The van der Waals surface area contributed by atoms with E-state index in [2.05, 4.69) is 25.7 Å². The van der Waals surface area contributed by atoms with E-state index in [0.717, 1.165) is 11.3 Å². The van der Waals surface area contributed by atoms with Gasteiger partial charge in [-0.05, 0) is 6.07 Å². The van der Waals surface area contributed by atoms with Gasteiger partial charge in [-0.2, -0.15) is 10.1 Å². The van der Waals surface area contributed by atoms with Gasteiger partial charge in [-0.15, -0.1) is 0 Å². The molecule has 10 nitrogen and oxygen atoms in total. The molecule has 3 aromatic rings. The molecule has 10 heteroatoms. The van der Waals surface area contributed by atoms with Crippen molar-refractivity contribution in [2.45, 2.75) is 6.54 Å². The second-order valence-corrected chi connectivity index (χ2v) is 5.85. The number of aromatic nitrogens is 4. The molecule has 0 fully saturated rings. The standard InChI is InChI=1S/C18H21N7O3/c1-25-10-12(8-22-25)23-18-21-9-13(16(19)26)17(24-18)20-7-11-5-4-6-14(27-2)15(11)28-3/h4-6,8-10H,7H2,1-3H3,(H2,19,26)(H2,20,21,23,24). The Hall–Kier alpha value is -3.82. The van der Waals surface area contributed by atoms with Gasteiger partial charge in [-0.3, -0.25) is 9.48 Å². The number of primary amides is 1. The number of nitrogens with zero attached hydrogens (tertiary/aromatic N) is 4. The quantitative estimate of drug-likeness (QED) is 0.536. The number of anilines is 3. The molecule has 0 unspecified atom stereocenters. The highest BCUT2D eigenvalue weighted by molar-refractivity contribution is 5.97. The molecule has 1 amide bonds. The largest absolute Gasteiger partial charge is 0.493 e. The minimum absolute atomic E-state index is 0.179. The zero-order chi connectivity index (χ0) is 20.1. The van der Waals surface area contributed by atoms with Crippen LogP contribution in [0.5, 0.6) is 11.5 Å². The molecule has 0 bridgehead atoms. The van der Waals surface area contributed by atoms with Crippen molar-refractivity contribution in [2.24, 2.45) is 12.8 Å². The molecule has 0 saturated heterocycles. The average Bonchev–Trinajstić information content (AvgIpc) is 3.10. The van der Waals surface area contributed by atoms with Crippen molar-refractivity contribution in [3.63, 3.8) is 0 Å². The Kier molecular flexibility index (Phi) is 5.58. The third kappa shape index (κ3) is 4.11. The fourth-order valence-electron chi connectivity index (χ4n) is 2.64. The number of aryl methyl sites for hydroxylation is 1. The van der Waals surface area contributed by atoms with Crippen LogP contribution in [0.2, 0.25) is 0 Å². The second-order valence-electron chi connectivity index (χ2n) is 5.85. The van der Waals surface area contributed by atoms with Gasteiger partial charge < -0.3 is 25.8 Å². The summed E-state index contributed by atoms with van der Waals surface area (Å²) < 4.78 is 12.4. The predicted octanol–water partition coefficient (Wildman–Crippen LogP) is 1.68. The van der Waals surface area contributed by atoms with E-state index in [-0.39, 0.29) is 5.56 Å². The van der Waals surface area contributed by atoms with E-state index in [4.69, 9.17) is 15.2 Å². The zero-order valence-corrected chi connectivity index (χ0v) is 15.8. The summed E-state index contributed by atoms with van der Waals surface area (Å²) in [4.78, 5) is 20.3. The van der Waals surface area contributed by atoms with Crippen LogP contribution in [0.3, 0.4) is 0 Å². The molecule has 0 spiro atoms.